The van der Waals surface area contributed by atoms with Crippen molar-refractivity contribution in [1.29, 1.82) is 0 Å². The highest BCUT2D eigenvalue weighted by Gasteiger charge is 2.11. The van der Waals surface area contributed by atoms with Crippen LogP contribution in [0.3, 0.4) is 0 Å². The van der Waals surface area contributed by atoms with E-state index >= 15 is 0 Å². The molecule has 2 N–H and O–H groups in total. The molecule has 0 aliphatic carbocycles. The molecule has 0 fully saturated rings. The summed E-state index contributed by atoms with van der Waals surface area (Å²) >= 11 is 0. The largest absolute Gasteiger partial charge is 0.497 e. The van der Waals surface area contributed by atoms with Crippen molar-refractivity contribution in [2.45, 2.75) is 0 Å². The van der Waals surface area contributed by atoms with Crippen molar-refractivity contribution < 1.29 is 23.0 Å². The molecule has 0 radical (unpaired) electrons. The van der Waals surface area contributed by atoms with Crippen molar-refractivity contribution in [3.8, 4) is 11.5 Å². The average Bonchev–Trinajstić information content (AvgIpc) is 2.58. The lowest BCUT2D eigenvalue weighted by Crippen LogP contribution is -2.31. The predicted octanol–water partition coefficient (Wildman–Crippen LogP) is 2.58. The molecule has 24 heavy (non-hydrogen) atoms. The molecule has 0 atom stereocenters. The number of halogens is 2. The number of benzene rings is 2. The number of methoxy groups -OCH3 is 1. The first-order chi connectivity index (χ1) is 11.6. The molecule has 5 nitrogen and oxygen atoms in total. The summed E-state index contributed by atoms with van der Waals surface area (Å²) in [7, 11) is 1.58. The maximum Gasteiger partial charge on any atom is 0.238 e. The van der Waals surface area contributed by atoms with Crippen LogP contribution in [-0.2, 0) is 4.79 Å². The van der Waals surface area contributed by atoms with Gasteiger partial charge in [-0.05, 0) is 36.4 Å². The van der Waals surface area contributed by atoms with E-state index in [0.29, 0.717) is 18.9 Å². The molecule has 0 aliphatic rings. The third-order valence-electron chi connectivity index (χ3n) is 3.12. The molecule has 0 aromatic heterocycles. The summed E-state index contributed by atoms with van der Waals surface area (Å²) in [6, 6.07) is 10.5. The minimum atomic E-state index is -0.814. The normalized spacial score (nSPS) is 10.3. The van der Waals surface area contributed by atoms with E-state index in [9.17, 15) is 13.6 Å². The van der Waals surface area contributed by atoms with Crippen molar-refractivity contribution in [2.24, 2.45) is 0 Å². The number of anilines is 1. The number of amides is 1. The average molecular weight is 336 g/mol. The van der Waals surface area contributed by atoms with Crippen LogP contribution in [0.2, 0.25) is 0 Å². The smallest absolute Gasteiger partial charge is 0.238 e. The Labute approximate surface area is 138 Å². The van der Waals surface area contributed by atoms with Crippen LogP contribution < -0.4 is 20.1 Å². The Morgan fingerprint density at radius 2 is 1.67 bits per heavy atom. The zero-order chi connectivity index (χ0) is 17.4. The van der Waals surface area contributed by atoms with Gasteiger partial charge in [-0.1, -0.05) is 6.07 Å². The van der Waals surface area contributed by atoms with Gasteiger partial charge in [0.05, 0.1) is 13.7 Å². The number of para-hydroxylation sites is 1. The summed E-state index contributed by atoms with van der Waals surface area (Å²) in [5.41, 5.74) is -0.446. The Balaban J connectivity index is 1.67. The van der Waals surface area contributed by atoms with Gasteiger partial charge in [0.25, 0.3) is 0 Å². The first kappa shape index (κ1) is 17.7. The summed E-state index contributed by atoms with van der Waals surface area (Å²) < 4.78 is 37.3. The third-order valence-corrected chi connectivity index (χ3v) is 3.12. The van der Waals surface area contributed by atoms with Gasteiger partial charge in [0.15, 0.2) is 0 Å². The molecule has 0 spiro atoms. The van der Waals surface area contributed by atoms with Crippen LogP contribution in [0.15, 0.2) is 42.5 Å². The van der Waals surface area contributed by atoms with Crippen molar-refractivity contribution in [2.75, 3.05) is 32.1 Å². The molecule has 1 amide bonds. The van der Waals surface area contributed by atoms with E-state index in [1.54, 1.807) is 31.4 Å². The lowest BCUT2D eigenvalue weighted by Gasteiger charge is -2.09. The summed E-state index contributed by atoms with van der Waals surface area (Å²) in [6.45, 7) is 0.659. The van der Waals surface area contributed by atoms with Crippen LogP contribution in [0.1, 0.15) is 0 Å². The van der Waals surface area contributed by atoms with E-state index in [4.69, 9.17) is 9.47 Å². The molecule has 0 heterocycles. The topological polar surface area (TPSA) is 59.6 Å². The number of carbonyl (C=O) groups excluding carboxylic acids is 1. The molecule has 2 aromatic carbocycles. The Kier molecular flexibility index (Phi) is 6.51. The minimum absolute atomic E-state index is 0.0836. The van der Waals surface area contributed by atoms with Crippen molar-refractivity contribution in [1.82, 2.24) is 5.32 Å². The van der Waals surface area contributed by atoms with Gasteiger partial charge in [-0.15, -0.1) is 0 Å². The highest BCUT2D eigenvalue weighted by molar-refractivity contribution is 5.92. The van der Waals surface area contributed by atoms with Gasteiger partial charge in [-0.25, -0.2) is 8.78 Å². The van der Waals surface area contributed by atoms with E-state index < -0.39 is 23.2 Å². The third kappa shape index (κ3) is 5.20. The predicted molar refractivity (Wildman–Crippen MR) is 86.3 cm³/mol. The minimum Gasteiger partial charge on any atom is -0.497 e. The van der Waals surface area contributed by atoms with E-state index in [2.05, 4.69) is 10.6 Å². The maximum absolute atomic E-state index is 13.4. The van der Waals surface area contributed by atoms with Gasteiger partial charge in [0, 0.05) is 6.54 Å². The Morgan fingerprint density at radius 3 is 2.29 bits per heavy atom. The van der Waals surface area contributed by atoms with Gasteiger partial charge in [-0.2, -0.15) is 0 Å². The first-order valence-corrected chi connectivity index (χ1v) is 7.31. The maximum atomic E-state index is 13.4. The van der Waals surface area contributed by atoms with Crippen LogP contribution in [0.25, 0.3) is 0 Å². The fourth-order valence-electron chi connectivity index (χ4n) is 1.92. The SMILES string of the molecule is COc1ccc(OCCNCC(=O)Nc2c(F)cccc2F)cc1. The standard InChI is InChI=1S/C17H18F2N2O3/c1-23-12-5-7-13(8-6-12)24-10-9-20-11-16(22)21-17-14(18)3-2-4-15(17)19/h2-8,20H,9-11H2,1H3,(H,21,22). The molecule has 0 aliphatic heterocycles. The van der Waals surface area contributed by atoms with E-state index in [0.717, 1.165) is 17.9 Å². The number of carbonyl (C=O) groups is 1. The second-order valence-electron chi connectivity index (χ2n) is 4.85. The summed E-state index contributed by atoms with van der Waals surface area (Å²) in [6.07, 6.45) is 0. The summed E-state index contributed by atoms with van der Waals surface area (Å²) in [4.78, 5) is 11.7. The van der Waals surface area contributed by atoms with Crippen molar-refractivity contribution >= 4 is 11.6 Å². The molecular formula is C17H18F2N2O3. The second kappa shape index (κ2) is 8.83. The zero-order valence-corrected chi connectivity index (χ0v) is 13.1. The van der Waals surface area contributed by atoms with Gasteiger partial charge in [-0.3, -0.25) is 4.79 Å². The van der Waals surface area contributed by atoms with Crippen molar-refractivity contribution in [3.05, 3.63) is 54.1 Å². The van der Waals surface area contributed by atoms with E-state index in [-0.39, 0.29) is 6.54 Å². The van der Waals surface area contributed by atoms with Crippen LogP contribution in [0.4, 0.5) is 14.5 Å². The van der Waals surface area contributed by atoms with Gasteiger partial charge < -0.3 is 20.1 Å². The van der Waals surface area contributed by atoms with Crippen LogP contribution in [0, 0.1) is 11.6 Å². The molecule has 2 rings (SSSR count). The highest BCUT2D eigenvalue weighted by atomic mass is 19.1. The Bertz CT molecular complexity index is 658. The fourth-order valence-corrected chi connectivity index (χ4v) is 1.92. The number of hydrogen-bond acceptors (Lipinski definition) is 4. The molecule has 0 unspecified atom stereocenters. The lowest BCUT2D eigenvalue weighted by atomic mass is 10.3. The lowest BCUT2D eigenvalue weighted by molar-refractivity contribution is -0.115. The fraction of sp³-hybridized carbons (Fsp3) is 0.235. The number of hydrogen-bond donors (Lipinski definition) is 2. The van der Waals surface area contributed by atoms with E-state index in [1.807, 2.05) is 0 Å². The Morgan fingerprint density at radius 1 is 1.04 bits per heavy atom. The van der Waals surface area contributed by atoms with Gasteiger partial charge >= 0.3 is 0 Å². The molecule has 0 saturated carbocycles. The number of ether oxygens (including phenoxy) is 2. The van der Waals surface area contributed by atoms with Crippen LogP contribution in [-0.4, -0.2) is 32.7 Å². The Hall–Kier alpha value is -2.67. The molecule has 0 saturated heterocycles. The van der Waals surface area contributed by atoms with Crippen molar-refractivity contribution in [3.63, 3.8) is 0 Å². The van der Waals surface area contributed by atoms with Gasteiger partial charge in [0.1, 0.15) is 35.4 Å². The van der Waals surface area contributed by atoms with Crippen LogP contribution >= 0.6 is 0 Å². The summed E-state index contributed by atoms with van der Waals surface area (Å²) in [5, 5.41) is 5.02. The molecule has 128 valence electrons. The molecular weight excluding hydrogens is 318 g/mol. The summed E-state index contributed by atoms with van der Waals surface area (Å²) in [5.74, 6) is -0.756. The zero-order valence-electron chi connectivity index (χ0n) is 13.1. The molecule has 2 aromatic rings. The second-order valence-corrected chi connectivity index (χ2v) is 4.85. The molecule has 0 bridgehead atoms. The van der Waals surface area contributed by atoms with E-state index in [1.165, 1.54) is 6.07 Å². The monoisotopic (exact) mass is 336 g/mol. The quantitative estimate of drug-likeness (QED) is 0.728. The van der Waals surface area contributed by atoms with Crippen LogP contribution in [0.5, 0.6) is 11.5 Å². The highest BCUT2D eigenvalue weighted by Crippen LogP contribution is 2.18. The number of rotatable bonds is 8. The van der Waals surface area contributed by atoms with Gasteiger partial charge in [0.2, 0.25) is 5.91 Å². The number of nitrogens with one attached hydrogen (secondary N) is 2. The first-order valence-electron chi connectivity index (χ1n) is 7.31. The molecule has 7 heteroatoms.